The van der Waals surface area contributed by atoms with Crippen LogP contribution in [0.4, 0.5) is 5.69 Å². The summed E-state index contributed by atoms with van der Waals surface area (Å²) in [5.41, 5.74) is 1.16. The van der Waals surface area contributed by atoms with Crippen LogP contribution in [-0.4, -0.2) is 21.8 Å². The van der Waals surface area contributed by atoms with Gasteiger partial charge in [0.05, 0.1) is 16.1 Å². The van der Waals surface area contributed by atoms with Gasteiger partial charge >= 0.3 is 0 Å². The van der Waals surface area contributed by atoms with Gasteiger partial charge in [0.15, 0.2) is 11.9 Å². The number of anilines is 1. The van der Waals surface area contributed by atoms with Gasteiger partial charge in [-0.05, 0) is 12.1 Å². The predicted octanol–water partition coefficient (Wildman–Crippen LogP) is 2.50. The van der Waals surface area contributed by atoms with E-state index in [9.17, 15) is 4.79 Å². The number of amidine groups is 1. The van der Waals surface area contributed by atoms with Crippen LogP contribution < -0.4 is 10.2 Å². The first-order chi connectivity index (χ1) is 9.65. The van der Waals surface area contributed by atoms with E-state index in [1.165, 1.54) is 0 Å². The van der Waals surface area contributed by atoms with Crippen molar-refractivity contribution < 1.29 is 4.79 Å². The third-order valence-electron chi connectivity index (χ3n) is 3.15. The highest BCUT2D eigenvalue weighted by molar-refractivity contribution is 9.07. The van der Waals surface area contributed by atoms with E-state index in [2.05, 4.69) is 26.5 Å². The number of benzene rings is 1. The van der Waals surface area contributed by atoms with Gasteiger partial charge in [-0.1, -0.05) is 23.1 Å². The lowest BCUT2D eigenvalue weighted by molar-refractivity contribution is -0.112. The molecule has 6 heteroatoms. The number of para-hydroxylation sites is 1. The molecule has 1 atom stereocenters. The number of halogens is 1. The van der Waals surface area contributed by atoms with Crippen molar-refractivity contribution in [3.8, 4) is 0 Å². The highest BCUT2D eigenvalue weighted by atomic mass is 79.9. The van der Waals surface area contributed by atoms with Crippen LogP contribution >= 0.6 is 16.1 Å². The van der Waals surface area contributed by atoms with Crippen LogP contribution in [0.3, 0.4) is 0 Å². The number of rotatable bonds is 2. The molecule has 0 saturated heterocycles. The Morgan fingerprint density at radius 2 is 2.15 bits per heavy atom. The van der Waals surface area contributed by atoms with E-state index in [0.717, 1.165) is 11.5 Å². The van der Waals surface area contributed by atoms with Crippen molar-refractivity contribution in [3.05, 3.63) is 54.5 Å². The second kappa shape index (κ2) is 5.22. The van der Waals surface area contributed by atoms with Crippen LogP contribution in [0.25, 0.3) is 0 Å². The zero-order valence-corrected chi connectivity index (χ0v) is 12.4. The zero-order valence-electron chi connectivity index (χ0n) is 10.8. The lowest BCUT2D eigenvalue weighted by atomic mass is 10.3. The van der Waals surface area contributed by atoms with Crippen LogP contribution in [-0.2, 0) is 4.79 Å². The fraction of sp³-hybridized carbons (Fsp3) is 0.143. The molecule has 1 unspecified atom stereocenters. The molecule has 3 rings (SSSR count). The average Bonchev–Trinajstić information content (AvgIpc) is 2.89. The van der Waals surface area contributed by atoms with Crippen LogP contribution in [0.15, 0.2) is 59.5 Å². The van der Waals surface area contributed by atoms with Gasteiger partial charge in [0, 0.05) is 24.9 Å². The summed E-state index contributed by atoms with van der Waals surface area (Å²) in [6, 6.07) is 9.35. The fourth-order valence-corrected chi connectivity index (χ4v) is 2.35. The molecule has 1 N–H and O–H groups in total. The molecule has 20 heavy (non-hydrogen) atoms. The van der Waals surface area contributed by atoms with Crippen LogP contribution in [0.5, 0.6) is 0 Å². The van der Waals surface area contributed by atoms with Crippen LogP contribution in [0, 0.1) is 0 Å². The van der Waals surface area contributed by atoms with E-state index in [1.54, 1.807) is 6.20 Å². The summed E-state index contributed by atoms with van der Waals surface area (Å²) in [7, 11) is 0. The van der Waals surface area contributed by atoms with Crippen LogP contribution in [0.1, 0.15) is 6.92 Å². The first-order valence-electron chi connectivity index (χ1n) is 6.23. The van der Waals surface area contributed by atoms with Gasteiger partial charge in [-0.2, -0.15) is 4.99 Å². The zero-order chi connectivity index (χ0) is 14.1. The van der Waals surface area contributed by atoms with Crippen molar-refractivity contribution in [3.63, 3.8) is 0 Å². The number of carbonyl (C=O) groups excluding carboxylic acids is 1. The number of hydrogen-bond acceptors (Lipinski definition) is 4. The maximum Gasteiger partial charge on any atom is 0.285 e. The van der Waals surface area contributed by atoms with E-state index in [1.807, 2.05) is 58.4 Å². The first kappa shape index (κ1) is 13.1. The predicted molar refractivity (Wildman–Crippen MR) is 82.1 cm³/mol. The number of amides is 1. The van der Waals surface area contributed by atoms with Gasteiger partial charge in [-0.15, -0.1) is 0 Å². The minimum absolute atomic E-state index is 0.0702. The van der Waals surface area contributed by atoms with Gasteiger partial charge in [-0.3, -0.25) is 8.72 Å². The molecule has 2 heterocycles. The fourth-order valence-electron chi connectivity index (χ4n) is 2.04. The normalized spacial score (nSPS) is 21.3. The number of fused-ring (bicyclic) bond motifs is 1. The highest BCUT2D eigenvalue weighted by Crippen LogP contribution is 2.22. The quantitative estimate of drug-likeness (QED) is 0.668. The van der Waals surface area contributed by atoms with Gasteiger partial charge in [0.2, 0.25) is 6.17 Å². The maximum atomic E-state index is 12.2. The van der Waals surface area contributed by atoms with E-state index < -0.39 is 0 Å². The van der Waals surface area contributed by atoms with Gasteiger partial charge < -0.3 is 5.32 Å². The number of carbonyl (C=O) groups is 1. The molecular weight excluding hydrogens is 320 g/mol. The second-order valence-electron chi connectivity index (χ2n) is 4.50. The Bertz CT molecular complexity index is 623. The molecule has 2 aliphatic heterocycles. The van der Waals surface area contributed by atoms with Crippen molar-refractivity contribution >= 4 is 33.6 Å². The van der Waals surface area contributed by atoms with E-state index in [0.29, 0.717) is 5.70 Å². The minimum Gasteiger partial charge on any atom is -0.320 e. The summed E-state index contributed by atoms with van der Waals surface area (Å²) in [6.45, 7) is 2.02. The highest BCUT2D eigenvalue weighted by Gasteiger charge is 2.40. The molecule has 0 saturated carbocycles. The Hall–Kier alpha value is -1.92. The largest absolute Gasteiger partial charge is 0.320 e. The monoisotopic (exact) mass is 332 g/mol. The summed E-state index contributed by atoms with van der Waals surface area (Å²) in [5.74, 6) is 0.561. The smallest absolute Gasteiger partial charge is 0.285 e. The maximum absolute atomic E-state index is 12.2. The lowest BCUT2D eigenvalue weighted by Crippen LogP contribution is -2.46. The third-order valence-corrected chi connectivity index (χ3v) is 3.98. The van der Waals surface area contributed by atoms with Gasteiger partial charge in [-0.25, -0.2) is 0 Å². The molecule has 0 spiro atoms. The lowest BCUT2D eigenvalue weighted by Gasteiger charge is -2.22. The van der Waals surface area contributed by atoms with Gasteiger partial charge in [0.25, 0.3) is 11.7 Å². The SMILES string of the molecule is CC1N(Br)C=CC2=NC(C(=O)Nc3ccccc3)=C[N+]21. The van der Waals surface area contributed by atoms with Crippen molar-refractivity contribution in [2.45, 2.75) is 13.1 Å². The number of nitrogens with zero attached hydrogens (tertiary/aromatic N) is 3. The molecule has 0 aromatic heterocycles. The van der Waals surface area contributed by atoms with E-state index in [4.69, 9.17) is 0 Å². The molecule has 101 valence electrons. The van der Waals surface area contributed by atoms with Crippen molar-refractivity contribution in [1.82, 2.24) is 8.83 Å². The molecular formula is C14H13BrN4O+. The summed E-state index contributed by atoms with van der Waals surface area (Å²) in [4.78, 5) is 18.5. The Morgan fingerprint density at radius 3 is 2.90 bits per heavy atom. The number of nitrogens with one attached hydrogen (secondary N) is 1. The molecule has 5 nitrogen and oxygen atoms in total. The molecule has 0 bridgehead atoms. The molecule has 1 aromatic rings. The standard InChI is InChI=1S/C14H13BrN4O/c1-10-18-9-12(17-13(18)7-8-19(10)15)14(20)16-11-5-3-2-4-6-11/h2-10H,1H3,(H,16,20)/q+1. The first-order valence-corrected chi connectivity index (χ1v) is 6.93. The topological polar surface area (TPSA) is 50.6 Å². The Balaban J connectivity index is 1.78. The average molecular weight is 333 g/mol. The molecule has 0 fully saturated rings. The van der Waals surface area contributed by atoms with Gasteiger partial charge in [0.1, 0.15) is 0 Å². The second-order valence-corrected chi connectivity index (χ2v) is 5.32. The van der Waals surface area contributed by atoms with E-state index >= 15 is 0 Å². The summed E-state index contributed by atoms with van der Waals surface area (Å²) < 4.78 is 1.88. The molecule has 1 aromatic carbocycles. The molecule has 1 amide bonds. The Labute approximate surface area is 125 Å². The molecule has 0 aliphatic carbocycles. The van der Waals surface area contributed by atoms with Crippen molar-refractivity contribution in [2.24, 2.45) is 4.99 Å². The summed E-state index contributed by atoms with van der Waals surface area (Å²) >= 11 is 3.42. The minimum atomic E-state index is -0.208. The summed E-state index contributed by atoms with van der Waals surface area (Å²) in [6.07, 6.45) is 5.57. The van der Waals surface area contributed by atoms with Crippen LogP contribution in [0.2, 0.25) is 0 Å². The Kier molecular flexibility index (Phi) is 3.42. The third kappa shape index (κ3) is 2.39. The molecule has 2 aliphatic rings. The van der Waals surface area contributed by atoms with Crippen molar-refractivity contribution in [1.29, 1.82) is 0 Å². The van der Waals surface area contributed by atoms with E-state index in [-0.39, 0.29) is 12.1 Å². The number of aliphatic imine (C=N–C) groups is 1. The van der Waals surface area contributed by atoms with Crippen molar-refractivity contribution in [2.75, 3.05) is 5.32 Å². The summed E-state index contributed by atoms with van der Waals surface area (Å²) in [5, 5.41) is 2.83. The molecule has 1 radical (unpaired) electrons. The number of hydrogen-bond donors (Lipinski definition) is 1. The Morgan fingerprint density at radius 1 is 1.40 bits per heavy atom.